The van der Waals surface area contributed by atoms with Gasteiger partial charge in [-0.2, -0.15) is 0 Å². The van der Waals surface area contributed by atoms with E-state index in [2.05, 4.69) is 66.8 Å². The molecule has 0 fully saturated rings. The molecule has 132 valence electrons. The van der Waals surface area contributed by atoms with E-state index in [0.29, 0.717) is 12.5 Å². The number of fused-ring (bicyclic) bond motifs is 1. The summed E-state index contributed by atoms with van der Waals surface area (Å²) in [4.78, 5) is 13.4. The average molecular weight is 356 g/mol. The zero-order valence-corrected chi connectivity index (χ0v) is 16.1. The lowest BCUT2D eigenvalue weighted by Crippen LogP contribution is -2.27. The smallest absolute Gasteiger partial charge is 0.141 e. The van der Waals surface area contributed by atoms with Gasteiger partial charge in [0.1, 0.15) is 17.0 Å². The van der Waals surface area contributed by atoms with Crippen LogP contribution in [0.4, 0.5) is 5.82 Å². The summed E-state index contributed by atoms with van der Waals surface area (Å²) in [6.45, 7) is 10.1. The Kier molecular flexibility index (Phi) is 5.35. The maximum absolute atomic E-state index is 9.39. The number of aryl methyl sites for hydroxylation is 1. The Bertz CT molecular complexity index is 855. The molecule has 4 nitrogen and oxygen atoms in total. The van der Waals surface area contributed by atoms with Crippen LogP contribution >= 0.6 is 11.3 Å². The average Bonchev–Trinajstić information content (AvgIpc) is 2.95. The number of aliphatic hydroxyl groups excluding tert-OH is 1. The van der Waals surface area contributed by atoms with Gasteiger partial charge >= 0.3 is 0 Å². The van der Waals surface area contributed by atoms with Crippen LogP contribution in [0.25, 0.3) is 21.3 Å². The molecule has 1 N–H and O–H groups in total. The quantitative estimate of drug-likeness (QED) is 0.701. The van der Waals surface area contributed by atoms with Crippen molar-refractivity contribution in [1.29, 1.82) is 0 Å². The van der Waals surface area contributed by atoms with Gasteiger partial charge in [0.25, 0.3) is 0 Å². The second-order valence-corrected chi connectivity index (χ2v) is 7.69. The van der Waals surface area contributed by atoms with Crippen molar-refractivity contribution in [3.8, 4) is 11.1 Å². The van der Waals surface area contributed by atoms with Gasteiger partial charge in [-0.3, -0.25) is 0 Å². The molecule has 0 radical (unpaired) electrons. The van der Waals surface area contributed by atoms with E-state index in [1.807, 2.05) is 0 Å². The third kappa shape index (κ3) is 3.39. The normalized spacial score (nSPS) is 11.4. The maximum atomic E-state index is 9.39. The van der Waals surface area contributed by atoms with E-state index >= 15 is 0 Å². The highest BCUT2D eigenvalue weighted by atomic mass is 32.1. The van der Waals surface area contributed by atoms with Crippen molar-refractivity contribution in [2.45, 2.75) is 33.6 Å². The zero-order chi connectivity index (χ0) is 18.0. The second kappa shape index (κ2) is 7.50. The van der Waals surface area contributed by atoms with E-state index in [1.165, 1.54) is 21.6 Å². The van der Waals surface area contributed by atoms with Gasteiger partial charge in [0.05, 0.1) is 12.0 Å². The van der Waals surface area contributed by atoms with Crippen molar-refractivity contribution in [3.63, 3.8) is 0 Å². The molecule has 0 aliphatic carbocycles. The topological polar surface area (TPSA) is 49.2 Å². The summed E-state index contributed by atoms with van der Waals surface area (Å²) < 4.78 is 0. The molecule has 0 spiro atoms. The molecule has 0 unspecified atom stereocenters. The van der Waals surface area contributed by atoms with E-state index in [1.54, 1.807) is 17.7 Å². The van der Waals surface area contributed by atoms with Gasteiger partial charge in [-0.15, -0.1) is 11.3 Å². The molecule has 0 amide bonds. The van der Waals surface area contributed by atoms with Crippen molar-refractivity contribution >= 4 is 27.4 Å². The monoisotopic (exact) mass is 355 g/mol. The molecule has 0 aliphatic heterocycles. The van der Waals surface area contributed by atoms with Crippen LogP contribution in [0.1, 0.15) is 37.1 Å². The number of anilines is 1. The Labute approximate surface area is 153 Å². The van der Waals surface area contributed by atoms with Crippen molar-refractivity contribution in [3.05, 3.63) is 41.0 Å². The highest BCUT2D eigenvalue weighted by molar-refractivity contribution is 7.19. The molecule has 0 atom stereocenters. The van der Waals surface area contributed by atoms with Gasteiger partial charge in [-0.25, -0.2) is 9.97 Å². The molecule has 1 aromatic carbocycles. The van der Waals surface area contributed by atoms with Gasteiger partial charge in [-0.1, -0.05) is 38.1 Å². The number of hydrogen-bond donors (Lipinski definition) is 1. The fourth-order valence-corrected chi connectivity index (χ4v) is 4.19. The molecular formula is C20H25N3OS. The second-order valence-electron chi connectivity index (χ2n) is 6.49. The summed E-state index contributed by atoms with van der Waals surface area (Å²) in [6, 6.07) is 8.81. The minimum atomic E-state index is 0.112. The molecule has 0 saturated heterocycles. The molecule has 2 aromatic heterocycles. The van der Waals surface area contributed by atoms with Gasteiger partial charge < -0.3 is 10.0 Å². The molecule has 3 aromatic rings. The lowest BCUT2D eigenvalue weighted by atomic mass is 9.97. The largest absolute Gasteiger partial charge is 0.395 e. The fraction of sp³-hybridized carbons (Fsp3) is 0.400. The minimum absolute atomic E-state index is 0.112. The summed E-state index contributed by atoms with van der Waals surface area (Å²) in [5.41, 5.74) is 3.75. The van der Waals surface area contributed by atoms with Gasteiger partial charge in [0, 0.05) is 23.5 Å². The van der Waals surface area contributed by atoms with E-state index < -0.39 is 0 Å². The first-order valence-electron chi connectivity index (χ1n) is 8.77. The third-order valence-electron chi connectivity index (χ3n) is 4.56. The first-order valence-corrected chi connectivity index (χ1v) is 9.58. The summed E-state index contributed by atoms with van der Waals surface area (Å²) in [6.07, 6.45) is 1.62. The summed E-state index contributed by atoms with van der Waals surface area (Å²) in [5.74, 6) is 1.43. The number of nitrogens with zero attached hydrogens (tertiary/aromatic N) is 3. The lowest BCUT2D eigenvalue weighted by Gasteiger charge is -2.22. The van der Waals surface area contributed by atoms with Crippen LogP contribution in [0.3, 0.4) is 0 Å². The number of rotatable bonds is 6. The Morgan fingerprint density at radius 2 is 1.88 bits per heavy atom. The zero-order valence-electron chi connectivity index (χ0n) is 15.3. The standard InChI is InChI=1S/C20H25N3OS/c1-5-23(10-11-24)19-18-17(14(4)25-20(18)22-12-21-19)16-8-6-15(7-9-16)13(2)3/h6-9,12-13,24H,5,10-11H2,1-4H3. The SMILES string of the molecule is CCN(CCO)c1ncnc2sc(C)c(-c3ccc(C(C)C)cc3)c12. The van der Waals surface area contributed by atoms with Crippen molar-refractivity contribution < 1.29 is 5.11 Å². The number of thiophene rings is 1. The molecule has 0 aliphatic rings. The number of aromatic nitrogens is 2. The molecule has 0 bridgehead atoms. The Morgan fingerprint density at radius 3 is 2.48 bits per heavy atom. The molecule has 3 rings (SSSR count). The van der Waals surface area contributed by atoms with Crippen LogP contribution in [0.15, 0.2) is 30.6 Å². The van der Waals surface area contributed by atoms with Gasteiger partial charge in [-0.05, 0) is 30.9 Å². The van der Waals surface area contributed by atoms with Crippen LogP contribution < -0.4 is 4.90 Å². The van der Waals surface area contributed by atoms with Gasteiger partial charge in [0.15, 0.2) is 0 Å². The predicted molar refractivity (Wildman–Crippen MR) is 107 cm³/mol. The Morgan fingerprint density at radius 1 is 1.16 bits per heavy atom. The maximum Gasteiger partial charge on any atom is 0.141 e. The van der Waals surface area contributed by atoms with Crippen molar-refractivity contribution in [2.75, 3.05) is 24.6 Å². The van der Waals surface area contributed by atoms with Gasteiger partial charge in [0.2, 0.25) is 0 Å². The van der Waals surface area contributed by atoms with Crippen LogP contribution in [0.5, 0.6) is 0 Å². The highest BCUT2D eigenvalue weighted by Crippen LogP contribution is 2.41. The number of aliphatic hydroxyl groups is 1. The first-order chi connectivity index (χ1) is 12.1. The van der Waals surface area contributed by atoms with Crippen molar-refractivity contribution in [1.82, 2.24) is 9.97 Å². The fourth-order valence-electron chi connectivity index (χ4n) is 3.19. The number of hydrogen-bond acceptors (Lipinski definition) is 5. The molecule has 2 heterocycles. The third-order valence-corrected chi connectivity index (χ3v) is 5.57. The van der Waals surface area contributed by atoms with Crippen molar-refractivity contribution in [2.24, 2.45) is 0 Å². The lowest BCUT2D eigenvalue weighted by molar-refractivity contribution is 0.302. The van der Waals surface area contributed by atoms with E-state index in [-0.39, 0.29) is 6.61 Å². The molecular weight excluding hydrogens is 330 g/mol. The number of benzene rings is 1. The van der Waals surface area contributed by atoms with Crippen LogP contribution in [-0.2, 0) is 0 Å². The summed E-state index contributed by atoms with van der Waals surface area (Å²) in [7, 11) is 0. The highest BCUT2D eigenvalue weighted by Gasteiger charge is 2.19. The minimum Gasteiger partial charge on any atom is -0.395 e. The van der Waals surface area contributed by atoms with Crippen LogP contribution in [0.2, 0.25) is 0 Å². The molecule has 25 heavy (non-hydrogen) atoms. The predicted octanol–water partition coefficient (Wildman–Crippen LogP) is 4.61. The Balaban J connectivity index is 2.19. The Hall–Kier alpha value is -1.98. The van der Waals surface area contributed by atoms with Crippen LogP contribution in [0, 0.1) is 6.92 Å². The molecule has 0 saturated carbocycles. The first kappa shape index (κ1) is 17.8. The van der Waals surface area contributed by atoms with E-state index in [4.69, 9.17) is 0 Å². The number of likely N-dealkylation sites (N-methyl/N-ethyl adjacent to an activating group) is 1. The van der Waals surface area contributed by atoms with Crippen LogP contribution in [-0.4, -0.2) is 34.8 Å². The molecule has 5 heteroatoms. The van der Waals surface area contributed by atoms with E-state index in [0.717, 1.165) is 22.6 Å². The summed E-state index contributed by atoms with van der Waals surface area (Å²) >= 11 is 1.70. The summed E-state index contributed by atoms with van der Waals surface area (Å²) in [5, 5.41) is 10.5. The van der Waals surface area contributed by atoms with E-state index in [9.17, 15) is 5.11 Å².